The van der Waals surface area contributed by atoms with E-state index in [2.05, 4.69) is 5.92 Å². The molecule has 0 fully saturated rings. The molecule has 0 spiro atoms. The molecule has 0 saturated carbocycles. The van der Waals surface area contributed by atoms with Crippen molar-refractivity contribution in [2.24, 2.45) is 0 Å². The van der Waals surface area contributed by atoms with Crippen LogP contribution in [0.2, 0.25) is 5.02 Å². The Labute approximate surface area is 440 Å². The average Bonchev–Trinajstić information content (AvgIpc) is 3.42. The van der Waals surface area contributed by atoms with Crippen LogP contribution in [0.1, 0.15) is 126 Å². The molecule has 0 bridgehead atoms. The van der Waals surface area contributed by atoms with E-state index in [9.17, 15) is 56.3 Å². The Kier molecular flexibility index (Phi) is 17.8. The fourth-order valence-electron chi connectivity index (χ4n) is 8.55. The third kappa shape index (κ3) is 13.4. The van der Waals surface area contributed by atoms with Crippen molar-refractivity contribution in [1.29, 1.82) is 0 Å². The highest BCUT2D eigenvalue weighted by Gasteiger charge is 2.40. The lowest BCUT2D eigenvalue weighted by molar-refractivity contribution is -0.170. The number of alkyl halides is 3. The van der Waals surface area contributed by atoms with Crippen LogP contribution in [0.15, 0.2) is 198 Å². The van der Waals surface area contributed by atoms with E-state index in [0.29, 0.717) is 87.2 Å². The van der Waals surface area contributed by atoms with Crippen LogP contribution in [0.25, 0.3) is 0 Å². The summed E-state index contributed by atoms with van der Waals surface area (Å²) in [6, 6.07) is 44.2. The van der Waals surface area contributed by atoms with Crippen LogP contribution in [0.4, 0.5) is 13.2 Å². The number of halogens is 4. The zero-order valence-electron chi connectivity index (χ0n) is 40.5. The van der Waals surface area contributed by atoms with Crippen LogP contribution in [0, 0.1) is 12.3 Å². The van der Waals surface area contributed by atoms with Crippen LogP contribution in [0.3, 0.4) is 0 Å². The molecule has 0 unspecified atom stereocenters. The van der Waals surface area contributed by atoms with Gasteiger partial charge in [0.1, 0.15) is 0 Å². The molecule has 378 valence electrons. The molecule has 0 heterocycles. The molecule has 0 radical (unpaired) electrons. The lowest BCUT2D eigenvalue weighted by Gasteiger charge is -2.14. The van der Waals surface area contributed by atoms with Crippen molar-refractivity contribution >= 4 is 63.7 Å². The first kappa shape index (κ1) is 54.7. The molecule has 0 amide bonds. The molecule has 4 aliphatic carbocycles. The quantitative estimate of drug-likeness (QED) is 0.122. The Hall–Kier alpha value is -9.05. The zero-order chi connectivity index (χ0) is 54.5. The molecular weight excluding hydrogens is 993 g/mol. The summed E-state index contributed by atoms with van der Waals surface area (Å²) in [5, 5.41) is 0.679. The summed E-state index contributed by atoms with van der Waals surface area (Å²) in [7, 11) is 0. The first-order chi connectivity index (χ1) is 36.4. The van der Waals surface area contributed by atoms with Crippen molar-refractivity contribution in [3.8, 4) is 12.3 Å². The third-order valence-corrected chi connectivity index (χ3v) is 12.7. The van der Waals surface area contributed by atoms with Crippen molar-refractivity contribution in [2.75, 3.05) is 0 Å². The molecule has 10 rings (SSSR count). The molecule has 0 atom stereocenters. The minimum Gasteiger partial charge on any atom is -0.289 e. The van der Waals surface area contributed by atoms with E-state index in [-0.39, 0.29) is 45.8 Å². The molecule has 76 heavy (non-hydrogen) atoms. The Balaban J connectivity index is 0.000000148. The molecule has 9 nitrogen and oxygen atoms in total. The second kappa shape index (κ2) is 24.8. The van der Waals surface area contributed by atoms with E-state index in [1.807, 2.05) is 54.6 Å². The lowest BCUT2D eigenvalue weighted by Crippen LogP contribution is -2.26. The first-order valence-electron chi connectivity index (χ1n) is 23.8. The van der Waals surface area contributed by atoms with E-state index < -0.39 is 35.5 Å². The zero-order valence-corrected chi connectivity index (χ0v) is 41.2. The van der Waals surface area contributed by atoms with Gasteiger partial charge in [-0.05, 0) is 79.7 Å². The first-order valence-corrected chi connectivity index (χ1v) is 24.2. The molecule has 0 aromatic heterocycles. The van der Waals surface area contributed by atoms with Gasteiger partial charge >= 0.3 is 6.18 Å². The normalized spacial score (nSPS) is 14.2. The summed E-state index contributed by atoms with van der Waals surface area (Å²) in [5.41, 5.74) is 6.68. The minimum atomic E-state index is -5.01. The summed E-state index contributed by atoms with van der Waals surface area (Å²) in [4.78, 5) is 107. The SMILES string of the molecule is C#CCCC1=CC(=O)c2ccccc2C1=O.O=C1C=C(CC(=O)C(F)(F)F)C(=O)c2ccccc21.O=C1C=C(CCc2cccc(Cl)c2)C(=O)c2ccccc21.O=C1C=C(CCc2ccccc2)C(=O)c2ccccc21. The van der Waals surface area contributed by atoms with E-state index in [1.165, 1.54) is 42.0 Å². The van der Waals surface area contributed by atoms with E-state index in [4.69, 9.17) is 18.0 Å². The van der Waals surface area contributed by atoms with Gasteiger partial charge in [0.2, 0.25) is 5.78 Å². The summed E-state index contributed by atoms with van der Waals surface area (Å²) >= 11 is 5.95. The minimum absolute atomic E-state index is 0.0175. The summed E-state index contributed by atoms with van der Waals surface area (Å²) in [5.74, 6) is -1.27. The highest BCUT2D eigenvalue weighted by atomic mass is 35.5. The third-order valence-electron chi connectivity index (χ3n) is 12.4. The summed E-state index contributed by atoms with van der Waals surface area (Å²) < 4.78 is 36.5. The number of aryl methyl sites for hydroxylation is 2. The van der Waals surface area contributed by atoms with Gasteiger partial charge in [-0.3, -0.25) is 43.2 Å². The van der Waals surface area contributed by atoms with Crippen molar-refractivity contribution in [3.05, 3.63) is 259 Å². The Morgan fingerprint density at radius 2 is 0.737 bits per heavy atom. The lowest BCUT2D eigenvalue weighted by atomic mass is 9.87. The molecule has 0 saturated heterocycles. The molecular formula is C63H44ClF3O9. The number of Topliss-reactive ketones (excluding diaryl/α,β-unsaturated/α-hetero) is 5. The Morgan fingerprint density at radius 3 is 1.12 bits per heavy atom. The van der Waals surface area contributed by atoms with Crippen LogP contribution in [-0.4, -0.2) is 58.2 Å². The van der Waals surface area contributed by atoms with Crippen LogP contribution in [-0.2, 0) is 17.6 Å². The molecule has 6 aromatic rings. The second-order valence-corrected chi connectivity index (χ2v) is 18.0. The van der Waals surface area contributed by atoms with Gasteiger partial charge in [-0.1, -0.05) is 151 Å². The number of hydrogen-bond acceptors (Lipinski definition) is 9. The number of hydrogen-bond donors (Lipinski definition) is 0. The number of terminal acetylenes is 1. The van der Waals surface area contributed by atoms with Gasteiger partial charge in [-0.2, -0.15) is 13.2 Å². The van der Waals surface area contributed by atoms with E-state index >= 15 is 0 Å². The van der Waals surface area contributed by atoms with Gasteiger partial charge in [0.05, 0.1) is 0 Å². The molecule has 0 N–H and O–H groups in total. The maximum atomic E-state index is 12.4. The fraction of sp³-hybridized carbons (Fsp3) is 0.127. The van der Waals surface area contributed by atoms with Gasteiger partial charge in [-0.15, -0.1) is 12.3 Å². The molecule has 0 aliphatic heterocycles. The molecule has 6 aromatic carbocycles. The van der Waals surface area contributed by atoms with Gasteiger partial charge in [0, 0.05) is 84.7 Å². The smallest absolute Gasteiger partial charge is 0.289 e. The van der Waals surface area contributed by atoms with Crippen molar-refractivity contribution in [3.63, 3.8) is 0 Å². The number of ketones is 9. The molecule has 13 heteroatoms. The molecule has 4 aliphatic rings. The van der Waals surface area contributed by atoms with Crippen molar-refractivity contribution < 1.29 is 56.3 Å². The van der Waals surface area contributed by atoms with Gasteiger partial charge in [0.15, 0.2) is 46.3 Å². The topological polar surface area (TPSA) is 154 Å². The second-order valence-electron chi connectivity index (χ2n) is 17.6. The Bertz CT molecular complexity index is 3530. The number of carbonyl (C=O) groups is 9. The highest BCUT2D eigenvalue weighted by molar-refractivity contribution is 6.30. The van der Waals surface area contributed by atoms with Crippen molar-refractivity contribution in [1.82, 2.24) is 0 Å². The fourth-order valence-corrected chi connectivity index (χ4v) is 8.76. The largest absolute Gasteiger partial charge is 0.450 e. The average molecular weight is 1040 g/mol. The monoisotopic (exact) mass is 1040 g/mol. The number of fused-ring (bicyclic) bond motifs is 4. The van der Waals surface area contributed by atoms with Crippen LogP contribution < -0.4 is 0 Å². The Morgan fingerprint density at radius 1 is 0.408 bits per heavy atom. The van der Waals surface area contributed by atoms with Crippen LogP contribution >= 0.6 is 11.6 Å². The number of allylic oxidation sites excluding steroid dienone is 8. The number of rotatable bonds is 10. The van der Waals surface area contributed by atoms with Crippen LogP contribution in [0.5, 0.6) is 0 Å². The van der Waals surface area contributed by atoms with E-state index in [0.717, 1.165) is 18.1 Å². The number of carbonyl (C=O) groups excluding carboxylic acids is 9. The predicted octanol–water partition coefficient (Wildman–Crippen LogP) is 12.8. The van der Waals surface area contributed by atoms with Gasteiger partial charge in [-0.25, -0.2) is 0 Å². The van der Waals surface area contributed by atoms with Gasteiger partial charge in [0.25, 0.3) is 0 Å². The number of benzene rings is 6. The van der Waals surface area contributed by atoms with Gasteiger partial charge < -0.3 is 0 Å². The maximum absolute atomic E-state index is 12.4. The highest BCUT2D eigenvalue weighted by Crippen LogP contribution is 2.29. The maximum Gasteiger partial charge on any atom is 0.450 e. The summed E-state index contributed by atoms with van der Waals surface area (Å²) in [6.07, 6.45) is 7.74. The predicted molar refractivity (Wildman–Crippen MR) is 281 cm³/mol. The van der Waals surface area contributed by atoms with Crippen molar-refractivity contribution in [2.45, 2.75) is 51.1 Å². The standard InChI is InChI=1S/C18H13ClO2.C18H14O2.C14H10O2.C13H7F3O3/c19-14-5-3-4-12(10-14)8-9-13-11-17(20)15-6-1-2-7-16(15)18(13)21;19-17-12-14(11-10-13-6-2-1-3-7-13)18(20)16-9-5-4-8-15(16)17;1-2-3-6-10-9-13(15)11-7-4-5-8-12(11)14(10)16;14-13(15,16)11(18)6-7-5-10(17)8-3-1-2-4-9(8)12(7)19/h1-7,10-11H,8-9H2;1-9,12H,10-11H2;1,4-5,7-9H,3,6H2;1-5H,6H2. The summed E-state index contributed by atoms with van der Waals surface area (Å²) in [6.45, 7) is 0. The van der Waals surface area contributed by atoms with E-state index in [1.54, 1.807) is 78.9 Å².